The van der Waals surface area contributed by atoms with Gasteiger partial charge in [-0.25, -0.2) is 13.1 Å². The van der Waals surface area contributed by atoms with Gasteiger partial charge in [0.25, 0.3) is 0 Å². The normalized spacial score (nSPS) is 20.0. The van der Waals surface area contributed by atoms with Gasteiger partial charge in [0.05, 0.1) is 5.02 Å². The van der Waals surface area contributed by atoms with E-state index in [1.54, 1.807) is 12.1 Å². The van der Waals surface area contributed by atoms with Crippen molar-refractivity contribution in [2.75, 3.05) is 0 Å². The summed E-state index contributed by atoms with van der Waals surface area (Å²) in [5.41, 5.74) is 0.317. The monoisotopic (exact) mass is 379 g/mol. The van der Waals surface area contributed by atoms with Crippen LogP contribution in [-0.2, 0) is 10.0 Å². The minimum Gasteiger partial charge on any atom is -0.208 e. The highest BCUT2D eigenvalue weighted by Crippen LogP contribution is 2.35. The molecule has 0 heterocycles. The van der Waals surface area contributed by atoms with Crippen LogP contribution >= 0.6 is 27.5 Å². The summed E-state index contributed by atoms with van der Waals surface area (Å²) in [7, 11) is -3.55. The molecule has 0 atom stereocenters. The second-order valence-corrected chi connectivity index (χ2v) is 9.14. The molecule has 0 unspecified atom stereocenters. The molecule has 1 N–H and O–H groups in total. The van der Waals surface area contributed by atoms with E-state index in [1.165, 1.54) is 6.07 Å². The summed E-state index contributed by atoms with van der Waals surface area (Å²) in [5.74, 6) is 0. The summed E-state index contributed by atoms with van der Waals surface area (Å²) in [6, 6.07) is 4.82. The molecule has 6 heteroatoms. The first-order valence-electron chi connectivity index (χ1n) is 6.67. The number of nitrogens with one attached hydrogen (secondary N) is 1. The number of hydrogen-bond acceptors (Lipinski definition) is 2. The molecule has 0 spiro atoms. The van der Waals surface area contributed by atoms with Crippen LogP contribution in [0.15, 0.2) is 27.6 Å². The average Bonchev–Trinajstić information content (AvgIpc) is 2.31. The topological polar surface area (TPSA) is 46.2 Å². The molecule has 1 saturated carbocycles. The molecule has 1 aromatic rings. The first kappa shape index (κ1) is 16.3. The van der Waals surface area contributed by atoms with E-state index >= 15 is 0 Å². The smallest absolute Gasteiger partial charge is 0.208 e. The lowest BCUT2D eigenvalue weighted by Gasteiger charge is -2.34. The van der Waals surface area contributed by atoms with Gasteiger partial charge in [-0.1, -0.05) is 41.4 Å². The molecule has 1 aliphatic rings. The summed E-state index contributed by atoms with van der Waals surface area (Å²) in [6.07, 6.45) is 3.82. The van der Waals surface area contributed by atoms with Crippen molar-refractivity contribution in [1.29, 1.82) is 0 Å². The largest absolute Gasteiger partial charge is 0.242 e. The van der Waals surface area contributed by atoms with E-state index in [0.29, 0.717) is 5.41 Å². The van der Waals surface area contributed by atoms with Gasteiger partial charge in [-0.2, -0.15) is 0 Å². The van der Waals surface area contributed by atoms with Crippen LogP contribution in [0.3, 0.4) is 0 Å². The third-order valence-electron chi connectivity index (χ3n) is 3.84. The first-order chi connectivity index (χ1) is 9.20. The number of rotatable bonds is 3. The Bertz CT molecular complexity index is 591. The Morgan fingerprint density at radius 3 is 2.45 bits per heavy atom. The molecule has 112 valence electrons. The fourth-order valence-electron chi connectivity index (χ4n) is 2.49. The first-order valence-corrected chi connectivity index (χ1v) is 9.32. The van der Waals surface area contributed by atoms with E-state index in [0.717, 1.165) is 30.2 Å². The van der Waals surface area contributed by atoms with Gasteiger partial charge in [0.2, 0.25) is 10.0 Å². The maximum atomic E-state index is 12.4. The van der Waals surface area contributed by atoms with Gasteiger partial charge in [0.1, 0.15) is 4.90 Å². The SMILES string of the molecule is CC1(C)CCC(NS(=O)(=O)c2ccc(Br)cc2Cl)CC1. The predicted molar refractivity (Wildman–Crippen MR) is 85.5 cm³/mol. The molecule has 0 bridgehead atoms. The van der Waals surface area contributed by atoms with E-state index in [-0.39, 0.29) is 16.0 Å². The summed E-state index contributed by atoms with van der Waals surface area (Å²) in [4.78, 5) is 0.146. The quantitative estimate of drug-likeness (QED) is 0.847. The van der Waals surface area contributed by atoms with Crippen molar-refractivity contribution in [3.05, 3.63) is 27.7 Å². The maximum absolute atomic E-state index is 12.4. The lowest BCUT2D eigenvalue weighted by atomic mass is 9.76. The van der Waals surface area contributed by atoms with Gasteiger partial charge in [-0.05, 0) is 49.3 Å². The van der Waals surface area contributed by atoms with Crippen LogP contribution in [0.2, 0.25) is 5.02 Å². The van der Waals surface area contributed by atoms with Crippen molar-refractivity contribution in [2.45, 2.75) is 50.5 Å². The van der Waals surface area contributed by atoms with E-state index < -0.39 is 10.0 Å². The number of hydrogen-bond donors (Lipinski definition) is 1. The van der Waals surface area contributed by atoms with Gasteiger partial charge in [0, 0.05) is 10.5 Å². The zero-order valence-corrected chi connectivity index (χ0v) is 14.8. The highest BCUT2D eigenvalue weighted by atomic mass is 79.9. The standard InChI is InChI=1S/C14H19BrClNO2S/c1-14(2)7-5-11(6-8-14)17-20(18,19)13-4-3-10(15)9-12(13)16/h3-4,9,11,17H,5-8H2,1-2H3. The Hall–Kier alpha value is -0.100. The highest BCUT2D eigenvalue weighted by Gasteiger charge is 2.30. The van der Waals surface area contributed by atoms with Gasteiger partial charge in [-0.3, -0.25) is 0 Å². The Morgan fingerprint density at radius 2 is 1.90 bits per heavy atom. The van der Waals surface area contributed by atoms with Crippen LogP contribution in [0.1, 0.15) is 39.5 Å². The molecule has 1 fully saturated rings. The molecule has 1 aliphatic carbocycles. The van der Waals surface area contributed by atoms with Crippen LogP contribution in [0.5, 0.6) is 0 Å². The van der Waals surface area contributed by atoms with Crippen molar-refractivity contribution >= 4 is 37.6 Å². The lowest BCUT2D eigenvalue weighted by Crippen LogP contribution is -2.39. The van der Waals surface area contributed by atoms with Gasteiger partial charge >= 0.3 is 0 Å². The highest BCUT2D eigenvalue weighted by molar-refractivity contribution is 9.10. The molecular formula is C14H19BrClNO2S. The Morgan fingerprint density at radius 1 is 1.30 bits per heavy atom. The van der Waals surface area contributed by atoms with Crippen LogP contribution < -0.4 is 4.72 Å². The molecule has 0 amide bonds. The summed E-state index contributed by atoms with van der Waals surface area (Å²) in [6.45, 7) is 4.45. The van der Waals surface area contributed by atoms with Crippen LogP contribution in [0.4, 0.5) is 0 Å². The van der Waals surface area contributed by atoms with Gasteiger partial charge in [0.15, 0.2) is 0 Å². The molecule has 0 aromatic heterocycles. The van der Waals surface area contributed by atoms with Crippen molar-refractivity contribution in [3.63, 3.8) is 0 Å². The molecule has 0 radical (unpaired) electrons. The second-order valence-electron chi connectivity index (χ2n) is 6.13. The van der Waals surface area contributed by atoms with Crippen molar-refractivity contribution < 1.29 is 8.42 Å². The number of benzene rings is 1. The van der Waals surface area contributed by atoms with Crippen LogP contribution in [0.25, 0.3) is 0 Å². The second kappa shape index (κ2) is 5.95. The zero-order chi connectivity index (χ0) is 15.0. The van der Waals surface area contributed by atoms with E-state index in [4.69, 9.17) is 11.6 Å². The molecule has 0 saturated heterocycles. The van der Waals surface area contributed by atoms with Crippen LogP contribution in [0, 0.1) is 5.41 Å². The average molecular weight is 381 g/mol. The Labute approximate surface area is 134 Å². The third-order valence-corrected chi connectivity index (χ3v) is 6.34. The van der Waals surface area contributed by atoms with E-state index in [2.05, 4.69) is 34.5 Å². The molecule has 2 rings (SSSR count). The molecule has 20 heavy (non-hydrogen) atoms. The van der Waals surface area contributed by atoms with Crippen LogP contribution in [-0.4, -0.2) is 14.5 Å². The minimum atomic E-state index is -3.55. The molecule has 1 aromatic carbocycles. The van der Waals surface area contributed by atoms with Crippen molar-refractivity contribution in [1.82, 2.24) is 4.72 Å². The fourth-order valence-corrected chi connectivity index (χ4v) is 4.84. The van der Waals surface area contributed by atoms with Gasteiger partial charge < -0.3 is 0 Å². The zero-order valence-electron chi connectivity index (χ0n) is 11.6. The fraction of sp³-hybridized carbons (Fsp3) is 0.571. The van der Waals surface area contributed by atoms with Crippen molar-refractivity contribution in [2.24, 2.45) is 5.41 Å². The van der Waals surface area contributed by atoms with E-state index in [9.17, 15) is 8.42 Å². The lowest BCUT2D eigenvalue weighted by molar-refractivity contribution is 0.218. The maximum Gasteiger partial charge on any atom is 0.242 e. The van der Waals surface area contributed by atoms with Gasteiger partial charge in [-0.15, -0.1) is 0 Å². The van der Waals surface area contributed by atoms with Crippen molar-refractivity contribution in [3.8, 4) is 0 Å². The Kier molecular flexibility index (Phi) is 4.84. The number of sulfonamides is 1. The Balaban J connectivity index is 2.12. The predicted octanol–water partition coefficient (Wildman–Crippen LogP) is 4.35. The van der Waals surface area contributed by atoms with E-state index in [1.807, 2.05) is 0 Å². The number of halogens is 2. The minimum absolute atomic E-state index is 0.00717. The summed E-state index contributed by atoms with van der Waals surface area (Å²) < 4.78 is 28.3. The molecule has 0 aliphatic heterocycles. The third kappa shape index (κ3) is 3.97. The summed E-state index contributed by atoms with van der Waals surface area (Å²) in [5, 5.41) is 0.239. The summed E-state index contributed by atoms with van der Waals surface area (Å²) >= 11 is 9.30. The molecular weight excluding hydrogens is 362 g/mol. The molecule has 3 nitrogen and oxygen atoms in total.